The van der Waals surface area contributed by atoms with Crippen molar-refractivity contribution in [2.24, 2.45) is 0 Å². The van der Waals surface area contributed by atoms with Gasteiger partial charge >= 0.3 is 6.09 Å². The monoisotopic (exact) mass is 274 g/mol. The molecule has 1 N–H and O–H groups in total. The fourth-order valence-corrected chi connectivity index (χ4v) is 3.03. The van der Waals surface area contributed by atoms with Crippen molar-refractivity contribution in [3.8, 4) is 10.6 Å². The van der Waals surface area contributed by atoms with Gasteiger partial charge < -0.3 is 10.0 Å². The maximum absolute atomic E-state index is 10.7. The third kappa shape index (κ3) is 2.33. The highest BCUT2D eigenvalue weighted by Gasteiger charge is 2.31. The van der Waals surface area contributed by atoms with Crippen LogP contribution in [0.25, 0.3) is 10.6 Å². The molecule has 4 nitrogen and oxygen atoms in total. The standard InChI is InChI=1S/C14H14N2O2S/c1-9-8-19-13(15-9)11-4-2-10(3-5-11)12-6-16(7-12)14(17)18/h2-5,8,12H,6-7H2,1H3,(H,17,18). The van der Waals surface area contributed by atoms with Crippen LogP contribution in [0.3, 0.4) is 0 Å². The van der Waals surface area contributed by atoms with Gasteiger partial charge in [-0.25, -0.2) is 9.78 Å². The van der Waals surface area contributed by atoms with E-state index in [0.717, 1.165) is 16.3 Å². The quantitative estimate of drug-likeness (QED) is 0.915. The predicted octanol–water partition coefficient (Wildman–Crippen LogP) is 3.20. The summed E-state index contributed by atoms with van der Waals surface area (Å²) in [6.07, 6.45) is -0.828. The summed E-state index contributed by atoms with van der Waals surface area (Å²) in [7, 11) is 0. The van der Waals surface area contributed by atoms with Crippen molar-refractivity contribution in [1.82, 2.24) is 9.88 Å². The van der Waals surface area contributed by atoms with E-state index < -0.39 is 6.09 Å². The number of carbonyl (C=O) groups is 1. The average Bonchev–Trinajstić information content (AvgIpc) is 2.74. The summed E-state index contributed by atoms with van der Waals surface area (Å²) >= 11 is 1.64. The number of carboxylic acid groups (broad SMARTS) is 1. The molecule has 0 unspecified atom stereocenters. The van der Waals surface area contributed by atoms with Crippen LogP contribution in [0.1, 0.15) is 17.2 Å². The van der Waals surface area contributed by atoms with Crippen LogP contribution in [0, 0.1) is 6.92 Å². The van der Waals surface area contributed by atoms with E-state index in [0.29, 0.717) is 19.0 Å². The number of hydrogen-bond acceptors (Lipinski definition) is 3. The normalized spacial score (nSPS) is 15.3. The van der Waals surface area contributed by atoms with Crippen LogP contribution in [0.4, 0.5) is 4.79 Å². The number of likely N-dealkylation sites (tertiary alicyclic amines) is 1. The first-order valence-electron chi connectivity index (χ1n) is 6.14. The first-order valence-corrected chi connectivity index (χ1v) is 7.02. The second-order valence-corrected chi connectivity index (χ2v) is 5.66. The zero-order chi connectivity index (χ0) is 13.4. The van der Waals surface area contributed by atoms with Crippen molar-refractivity contribution in [3.05, 3.63) is 40.9 Å². The highest BCUT2D eigenvalue weighted by molar-refractivity contribution is 7.13. The molecule has 0 radical (unpaired) electrons. The van der Waals surface area contributed by atoms with Gasteiger partial charge in [-0.3, -0.25) is 0 Å². The summed E-state index contributed by atoms with van der Waals surface area (Å²) in [5.41, 5.74) is 3.37. The van der Waals surface area contributed by atoms with Crippen LogP contribution in [0.15, 0.2) is 29.6 Å². The van der Waals surface area contributed by atoms with Gasteiger partial charge in [-0.1, -0.05) is 24.3 Å². The van der Waals surface area contributed by atoms with Crippen LogP contribution in [0.2, 0.25) is 0 Å². The van der Waals surface area contributed by atoms with Gasteiger partial charge in [-0.2, -0.15) is 0 Å². The molecule has 19 heavy (non-hydrogen) atoms. The van der Waals surface area contributed by atoms with E-state index in [2.05, 4.69) is 29.2 Å². The fraction of sp³-hybridized carbons (Fsp3) is 0.286. The minimum Gasteiger partial charge on any atom is -0.465 e. The smallest absolute Gasteiger partial charge is 0.407 e. The molecule has 1 aliphatic rings. The Morgan fingerprint density at radius 1 is 1.37 bits per heavy atom. The van der Waals surface area contributed by atoms with Gasteiger partial charge in [0.2, 0.25) is 0 Å². The maximum atomic E-state index is 10.7. The first-order chi connectivity index (χ1) is 9.13. The van der Waals surface area contributed by atoms with Gasteiger partial charge in [0, 0.05) is 35.6 Å². The Labute approximate surface area is 115 Å². The van der Waals surface area contributed by atoms with E-state index in [4.69, 9.17) is 5.11 Å². The van der Waals surface area contributed by atoms with Gasteiger partial charge in [-0.05, 0) is 12.5 Å². The molecule has 0 bridgehead atoms. The predicted molar refractivity (Wildman–Crippen MR) is 74.6 cm³/mol. The summed E-state index contributed by atoms with van der Waals surface area (Å²) in [6, 6.07) is 8.29. The molecular weight excluding hydrogens is 260 g/mol. The first kappa shape index (κ1) is 12.2. The molecule has 1 aromatic heterocycles. The summed E-state index contributed by atoms with van der Waals surface area (Å²) in [4.78, 5) is 16.6. The van der Waals surface area contributed by atoms with Crippen LogP contribution >= 0.6 is 11.3 Å². The minimum atomic E-state index is -0.828. The summed E-state index contributed by atoms with van der Waals surface area (Å²) in [5.74, 6) is 0.336. The second kappa shape index (κ2) is 4.66. The van der Waals surface area contributed by atoms with E-state index in [1.165, 1.54) is 10.5 Å². The molecular formula is C14H14N2O2S. The summed E-state index contributed by atoms with van der Waals surface area (Å²) in [5, 5.41) is 11.9. The SMILES string of the molecule is Cc1csc(-c2ccc(C3CN(C(=O)O)C3)cc2)n1. The molecule has 1 fully saturated rings. The highest BCUT2D eigenvalue weighted by Crippen LogP contribution is 2.29. The lowest BCUT2D eigenvalue weighted by Gasteiger charge is -2.37. The number of thiazole rings is 1. The van der Waals surface area contributed by atoms with Gasteiger partial charge in [0.25, 0.3) is 0 Å². The van der Waals surface area contributed by atoms with Crippen LogP contribution in [-0.2, 0) is 0 Å². The largest absolute Gasteiger partial charge is 0.465 e. The number of benzene rings is 1. The molecule has 1 aromatic carbocycles. The third-order valence-corrected chi connectivity index (χ3v) is 4.41. The molecule has 3 rings (SSSR count). The molecule has 0 spiro atoms. The molecule has 0 atom stereocenters. The van der Waals surface area contributed by atoms with Crippen molar-refractivity contribution in [1.29, 1.82) is 0 Å². The molecule has 5 heteroatoms. The summed E-state index contributed by atoms with van der Waals surface area (Å²) in [6.45, 7) is 3.19. The lowest BCUT2D eigenvalue weighted by molar-refractivity contribution is 0.105. The van der Waals surface area contributed by atoms with Crippen molar-refractivity contribution < 1.29 is 9.90 Å². The summed E-state index contributed by atoms with van der Waals surface area (Å²) < 4.78 is 0. The Bertz CT molecular complexity index is 600. The zero-order valence-electron chi connectivity index (χ0n) is 10.5. The van der Waals surface area contributed by atoms with E-state index in [-0.39, 0.29) is 0 Å². The van der Waals surface area contributed by atoms with E-state index in [1.807, 2.05) is 12.3 Å². The average molecular weight is 274 g/mol. The molecule has 1 saturated heterocycles. The molecule has 1 aliphatic heterocycles. The molecule has 2 aromatic rings. The number of rotatable bonds is 2. The van der Waals surface area contributed by atoms with Crippen molar-refractivity contribution in [2.45, 2.75) is 12.8 Å². The molecule has 2 heterocycles. The van der Waals surface area contributed by atoms with Crippen molar-refractivity contribution in [3.63, 3.8) is 0 Å². The van der Waals surface area contributed by atoms with E-state index in [1.54, 1.807) is 11.3 Å². The Morgan fingerprint density at radius 2 is 2.05 bits per heavy atom. The van der Waals surface area contributed by atoms with Crippen molar-refractivity contribution in [2.75, 3.05) is 13.1 Å². The molecule has 1 amide bonds. The Morgan fingerprint density at radius 3 is 2.58 bits per heavy atom. The third-order valence-electron chi connectivity index (χ3n) is 3.40. The molecule has 0 aliphatic carbocycles. The Kier molecular flexibility index (Phi) is 2.98. The van der Waals surface area contributed by atoms with Gasteiger partial charge in [-0.15, -0.1) is 11.3 Å². The number of aryl methyl sites for hydroxylation is 1. The Balaban J connectivity index is 1.72. The fourth-order valence-electron chi connectivity index (χ4n) is 2.23. The van der Waals surface area contributed by atoms with E-state index in [9.17, 15) is 4.79 Å². The maximum Gasteiger partial charge on any atom is 0.407 e. The topological polar surface area (TPSA) is 53.4 Å². The lowest BCUT2D eigenvalue weighted by atomic mass is 9.91. The Hall–Kier alpha value is -1.88. The molecule has 0 saturated carbocycles. The van der Waals surface area contributed by atoms with Crippen LogP contribution in [-0.4, -0.2) is 34.2 Å². The number of nitrogens with zero attached hydrogens (tertiary/aromatic N) is 2. The van der Waals surface area contributed by atoms with Crippen molar-refractivity contribution >= 4 is 17.4 Å². The van der Waals surface area contributed by atoms with Crippen LogP contribution in [0.5, 0.6) is 0 Å². The molecule has 98 valence electrons. The van der Waals surface area contributed by atoms with Gasteiger partial charge in [0.15, 0.2) is 0 Å². The number of hydrogen-bond donors (Lipinski definition) is 1. The highest BCUT2D eigenvalue weighted by atomic mass is 32.1. The van der Waals surface area contributed by atoms with Gasteiger partial charge in [0.1, 0.15) is 5.01 Å². The second-order valence-electron chi connectivity index (χ2n) is 4.80. The van der Waals surface area contributed by atoms with Gasteiger partial charge in [0.05, 0.1) is 0 Å². The number of aromatic nitrogens is 1. The van der Waals surface area contributed by atoms with Crippen LogP contribution < -0.4 is 0 Å². The lowest BCUT2D eigenvalue weighted by Crippen LogP contribution is -2.47. The zero-order valence-corrected chi connectivity index (χ0v) is 11.4. The van der Waals surface area contributed by atoms with E-state index >= 15 is 0 Å². The number of amides is 1. The minimum absolute atomic E-state index is 0.336.